The molecule has 0 radical (unpaired) electrons. The lowest BCUT2D eigenvalue weighted by Gasteiger charge is -2.38. The van der Waals surface area contributed by atoms with Crippen LogP contribution >= 0.6 is 15.9 Å². The summed E-state index contributed by atoms with van der Waals surface area (Å²) in [6, 6.07) is 12.2. The summed E-state index contributed by atoms with van der Waals surface area (Å²) in [6.07, 6.45) is 3.32. The predicted molar refractivity (Wildman–Crippen MR) is 91.1 cm³/mol. The highest BCUT2D eigenvalue weighted by molar-refractivity contribution is 9.10. The van der Waals surface area contributed by atoms with Gasteiger partial charge in [0.25, 0.3) is 0 Å². The van der Waals surface area contributed by atoms with Crippen molar-refractivity contribution in [3.8, 4) is 6.07 Å². The standard InChI is InChI=1S/C17H17BrN4O/c18-14-3-1-2-13(8-14)17(4-6-23-7-5-17)11-20-16-9-15(10-19)21-12-22-16/h1-3,8-9,12H,4-7,11H2,(H,20,21,22). The van der Waals surface area contributed by atoms with Crippen LogP contribution in [0.15, 0.2) is 41.1 Å². The van der Waals surface area contributed by atoms with Gasteiger partial charge in [-0.1, -0.05) is 28.1 Å². The highest BCUT2D eigenvalue weighted by Crippen LogP contribution is 2.36. The molecule has 0 spiro atoms. The zero-order valence-corrected chi connectivity index (χ0v) is 14.2. The summed E-state index contributed by atoms with van der Waals surface area (Å²) >= 11 is 3.56. The van der Waals surface area contributed by atoms with Crippen molar-refractivity contribution in [3.63, 3.8) is 0 Å². The van der Waals surface area contributed by atoms with E-state index in [4.69, 9.17) is 10.00 Å². The minimum atomic E-state index is -0.000212. The molecule has 1 N–H and O–H groups in total. The van der Waals surface area contributed by atoms with Crippen LogP contribution in [-0.2, 0) is 10.2 Å². The zero-order chi connectivity index (χ0) is 16.1. The summed E-state index contributed by atoms with van der Waals surface area (Å²) in [7, 11) is 0. The molecule has 0 atom stereocenters. The topological polar surface area (TPSA) is 70.8 Å². The minimum Gasteiger partial charge on any atom is -0.381 e. The van der Waals surface area contributed by atoms with Gasteiger partial charge in [0.1, 0.15) is 23.9 Å². The van der Waals surface area contributed by atoms with E-state index in [1.165, 1.54) is 11.9 Å². The van der Waals surface area contributed by atoms with Crippen LogP contribution in [0, 0.1) is 11.3 Å². The number of nitriles is 1. The van der Waals surface area contributed by atoms with Gasteiger partial charge in [-0.3, -0.25) is 0 Å². The summed E-state index contributed by atoms with van der Waals surface area (Å²) in [4.78, 5) is 8.10. The number of hydrogen-bond acceptors (Lipinski definition) is 5. The van der Waals surface area contributed by atoms with Crippen LogP contribution < -0.4 is 5.32 Å². The van der Waals surface area contributed by atoms with E-state index < -0.39 is 0 Å². The fourth-order valence-electron chi connectivity index (χ4n) is 2.92. The van der Waals surface area contributed by atoms with Gasteiger partial charge < -0.3 is 10.1 Å². The van der Waals surface area contributed by atoms with Gasteiger partial charge in [0.05, 0.1) is 0 Å². The van der Waals surface area contributed by atoms with Gasteiger partial charge in [0, 0.05) is 35.7 Å². The first kappa shape index (κ1) is 15.9. The Morgan fingerprint density at radius 3 is 2.83 bits per heavy atom. The fourth-order valence-corrected chi connectivity index (χ4v) is 3.32. The van der Waals surface area contributed by atoms with Gasteiger partial charge in [-0.25, -0.2) is 9.97 Å². The Balaban J connectivity index is 1.83. The van der Waals surface area contributed by atoms with Crippen molar-refractivity contribution in [1.82, 2.24) is 9.97 Å². The molecule has 0 bridgehead atoms. The summed E-state index contributed by atoms with van der Waals surface area (Å²) < 4.78 is 6.64. The average molecular weight is 373 g/mol. The lowest BCUT2D eigenvalue weighted by atomic mass is 9.74. The number of nitrogens with one attached hydrogen (secondary N) is 1. The van der Waals surface area contributed by atoms with Crippen LogP contribution in [0.5, 0.6) is 0 Å². The van der Waals surface area contributed by atoms with Crippen molar-refractivity contribution in [1.29, 1.82) is 5.26 Å². The van der Waals surface area contributed by atoms with Crippen molar-refractivity contribution >= 4 is 21.7 Å². The second-order valence-electron chi connectivity index (χ2n) is 5.66. The van der Waals surface area contributed by atoms with Gasteiger partial charge in [-0.2, -0.15) is 5.26 Å². The van der Waals surface area contributed by atoms with Crippen LogP contribution in [0.4, 0.5) is 5.82 Å². The fraction of sp³-hybridized carbons (Fsp3) is 0.353. The molecular weight excluding hydrogens is 356 g/mol. The molecule has 6 heteroatoms. The van der Waals surface area contributed by atoms with E-state index in [1.807, 2.05) is 12.1 Å². The maximum atomic E-state index is 8.95. The van der Waals surface area contributed by atoms with Crippen molar-refractivity contribution < 1.29 is 4.74 Å². The first-order valence-corrected chi connectivity index (χ1v) is 8.31. The van der Waals surface area contributed by atoms with E-state index in [-0.39, 0.29) is 5.41 Å². The predicted octanol–water partition coefficient (Wildman–Crippen LogP) is 3.27. The number of aromatic nitrogens is 2. The van der Waals surface area contributed by atoms with Crippen LogP contribution in [0.25, 0.3) is 0 Å². The van der Waals surface area contributed by atoms with Gasteiger partial charge in [-0.05, 0) is 30.5 Å². The number of nitrogens with zero attached hydrogens (tertiary/aromatic N) is 3. The molecule has 1 fully saturated rings. The van der Waals surface area contributed by atoms with Gasteiger partial charge >= 0.3 is 0 Å². The van der Waals surface area contributed by atoms with E-state index in [9.17, 15) is 0 Å². The molecule has 1 aromatic heterocycles. The summed E-state index contributed by atoms with van der Waals surface area (Å²) in [5.74, 6) is 0.678. The van der Waals surface area contributed by atoms with Crippen LogP contribution in [0.2, 0.25) is 0 Å². The number of halogens is 1. The third-order valence-corrected chi connectivity index (χ3v) is 4.77. The third-order valence-electron chi connectivity index (χ3n) is 4.28. The van der Waals surface area contributed by atoms with Crippen LogP contribution in [-0.4, -0.2) is 29.7 Å². The molecule has 0 aliphatic carbocycles. The van der Waals surface area contributed by atoms with Crippen LogP contribution in [0.3, 0.4) is 0 Å². The zero-order valence-electron chi connectivity index (χ0n) is 12.6. The quantitative estimate of drug-likeness (QED) is 0.891. The van der Waals surface area contributed by atoms with Gasteiger partial charge in [-0.15, -0.1) is 0 Å². The minimum absolute atomic E-state index is 0.000212. The van der Waals surface area contributed by atoms with Gasteiger partial charge in [0.15, 0.2) is 0 Å². The molecule has 3 rings (SSSR count). The van der Waals surface area contributed by atoms with Crippen molar-refractivity contribution in [2.24, 2.45) is 0 Å². The molecule has 1 aliphatic rings. The summed E-state index contributed by atoms with van der Waals surface area (Å²) in [6.45, 7) is 2.25. The maximum absolute atomic E-state index is 8.95. The second-order valence-corrected chi connectivity index (χ2v) is 6.57. The lowest BCUT2D eigenvalue weighted by molar-refractivity contribution is 0.0543. The van der Waals surface area contributed by atoms with E-state index in [0.29, 0.717) is 11.5 Å². The van der Waals surface area contributed by atoms with Crippen LogP contribution in [0.1, 0.15) is 24.1 Å². The Morgan fingerprint density at radius 2 is 2.09 bits per heavy atom. The number of rotatable bonds is 4. The van der Waals surface area contributed by atoms with E-state index >= 15 is 0 Å². The monoisotopic (exact) mass is 372 g/mol. The number of benzene rings is 1. The SMILES string of the molecule is N#Cc1cc(NCC2(c3cccc(Br)c3)CCOCC2)ncn1. The summed E-state index contributed by atoms with van der Waals surface area (Å²) in [5.41, 5.74) is 1.66. The normalized spacial score (nSPS) is 16.5. The molecule has 5 nitrogen and oxygen atoms in total. The smallest absolute Gasteiger partial charge is 0.145 e. The van der Waals surface area contributed by atoms with E-state index in [2.05, 4.69) is 49.4 Å². The maximum Gasteiger partial charge on any atom is 0.145 e. The molecule has 1 aromatic carbocycles. The van der Waals surface area contributed by atoms with Crippen molar-refractivity contribution in [2.75, 3.05) is 25.1 Å². The highest BCUT2D eigenvalue weighted by atomic mass is 79.9. The molecule has 1 aliphatic heterocycles. The second kappa shape index (κ2) is 7.07. The van der Waals surface area contributed by atoms with E-state index in [0.717, 1.165) is 37.1 Å². The lowest BCUT2D eigenvalue weighted by Crippen LogP contribution is -2.40. The Hall–Kier alpha value is -1.97. The Morgan fingerprint density at radius 1 is 1.26 bits per heavy atom. The average Bonchev–Trinajstić information content (AvgIpc) is 2.61. The molecular formula is C17H17BrN4O. The number of hydrogen-bond donors (Lipinski definition) is 1. The van der Waals surface area contributed by atoms with Gasteiger partial charge in [0.2, 0.25) is 0 Å². The highest BCUT2D eigenvalue weighted by Gasteiger charge is 2.34. The molecule has 2 aromatic rings. The Kier molecular flexibility index (Phi) is 4.89. The number of ether oxygens (including phenoxy) is 1. The third kappa shape index (κ3) is 3.69. The molecule has 0 amide bonds. The molecule has 0 saturated carbocycles. The van der Waals surface area contributed by atoms with E-state index in [1.54, 1.807) is 6.07 Å². The largest absolute Gasteiger partial charge is 0.381 e. The number of anilines is 1. The van der Waals surface area contributed by atoms with Crippen molar-refractivity contribution in [3.05, 3.63) is 52.4 Å². The summed E-state index contributed by atoms with van der Waals surface area (Å²) in [5, 5.41) is 12.3. The van der Waals surface area contributed by atoms with Crippen molar-refractivity contribution in [2.45, 2.75) is 18.3 Å². The Bertz CT molecular complexity index is 723. The molecule has 1 saturated heterocycles. The first-order valence-electron chi connectivity index (χ1n) is 7.52. The first-order chi connectivity index (χ1) is 11.2. The Labute approximate surface area is 143 Å². The molecule has 118 valence electrons. The molecule has 23 heavy (non-hydrogen) atoms. The molecule has 2 heterocycles. The molecule has 0 unspecified atom stereocenters.